The van der Waals surface area contributed by atoms with Crippen LogP contribution in [-0.4, -0.2) is 10.2 Å². The first-order valence-electron chi connectivity index (χ1n) is 4.35. The predicted molar refractivity (Wildman–Crippen MR) is 55.3 cm³/mol. The first-order valence-corrected chi connectivity index (χ1v) is 5.16. The van der Waals surface area contributed by atoms with Crippen molar-refractivity contribution >= 4 is 11.3 Å². The van der Waals surface area contributed by atoms with Crippen LogP contribution in [0.5, 0.6) is 0 Å². The Kier molecular flexibility index (Phi) is 1.89. The highest BCUT2D eigenvalue weighted by Gasteiger charge is 2.11. The number of aromatic nitrogens is 2. The van der Waals surface area contributed by atoms with Gasteiger partial charge in [0.1, 0.15) is 0 Å². The van der Waals surface area contributed by atoms with Crippen molar-refractivity contribution in [3.63, 3.8) is 0 Å². The van der Waals surface area contributed by atoms with E-state index in [4.69, 9.17) is 8.83 Å². The Morgan fingerprint density at radius 3 is 1.80 bits per heavy atom. The van der Waals surface area contributed by atoms with Crippen LogP contribution in [0.3, 0.4) is 0 Å². The fourth-order valence-corrected chi connectivity index (χ4v) is 2.00. The van der Waals surface area contributed by atoms with Crippen LogP contribution in [0.15, 0.2) is 45.6 Å². The smallest absolute Gasteiger partial charge is 0.183 e. The van der Waals surface area contributed by atoms with Crippen molar-refractivity contribution in [2.75, 3.05) is 0 Å². The van der Waals surface area contributed by atoms with Crippen LogP contribution in [-0.2, 0) is 0 Å². The van der Waals surface area contributed by atoms with Gasteiger partial charge in [-0.2, -0.15) is 0 Å². The van der Waals surface area contributed by atoms with Crippen LogP contribution in [0.2, 0.25) is 0 Å². The molecular formula is C10H6N2O2S. The topological polar surface area (TPSA) is 52.1 Å². The molecule has 3 aromatic heterocycles. The molecule has 0 aliphatic heterocycles. The highest BCUT2D eigenvalue weighted by molar-refractivity contribution is 7.17. The third kappa shape index (κ3) is 1.46. The van der Waals surface area contributed by atoms with Gasteiger partial charge in [-0.15, -0.1) is 10.2 Å². The number of hydrogen-bond acceptors (Lipinski definition) is 5. The van der Waals surface area contributed by atoms with Gasteiger partial charge in [-0.3, -0.25) is 0 Å². The molecule has 15 heavy (non-hydrogen) atoms. The first-order chi connectivity index (χ1) is 7.43. The number of hydrogen-bond donors (Lipinski definition) is 0. The average Bonchev–Trinajstić information content (AvgIpc) is 3.02. The highest BCUT2D eigenvalue weighted by Crippen LogP contribution is 2.29. The van der Waals surface area contributed by atoms with E-state index in [2.05, 4.69) is 10.2 Å². The quantitative estimate of drug-likeness (QED) is 0.663. The Bertz CT molecular complexity index is 491. The van der Waals surface area contributed by atoms with Crippen LogP contribution in [0, 0.1) is 0 Å². The lowest BCUT2D eigenvalue weighted by atomic mass is 10.5. The molecule has 0 saturated carbocycles. The third-order valence-electron chi connectivity index (χ3n) is 1.89. The standard InChI is InChI=1S/C10H6N2O2S/c1-3-7(13-5-1)9-11-12-10(15-9)8-4-2-6-14-8/h1-6H. The van der Waals surface area contributed by atoms with Gasteiger partial charge in [-0.25, -0.2) is 0 Å². The van der Waals surface area contributed by atoms with Gasteiger partial charge in [0.25, 0.3) is 0 Å². The van der Waals surface area contributed by atoms with Gasteiger partial charge in [0.05, 0.1) is 12.5 Å². The van der Waals surface area contributed by atoms with Crippen molar-refractivity contribution in [3.05, 3.63) is 36.8 Å². The number of furan rings is 2. The SMILES string of the molecule is c1coc(-c2nnc(-c3ccco3)s2)c1. The Morgan fingerprint density at radius 1 is 0.867 bits per heavy atom. The largest absolute Gasteiger partial charge is 0.462 e. The van der Waals surface area contributed by atoms with Gasteiger partial charge in [0.2, 0.25) is 0 Å². The summed E-state index contributed by atoms with van der Waals surface area (Å²) in [7, 11) is 0. The zero-order valence-corrected chi connectivity index (χ0v) is 8.40. The molecule has 0 N–H and O–H groups in total. The maximum absolute atomic E-state index is 5.23. The molecule has 0 aliphatic carbocycles. The second kappa shape index (κ2) is 3.36. The van der Waals surface area contributed by atoms with E-state index in [0.717, 1.165) is 21.5 Å². The Balaban J connectivity index is 2.02. The van der Waals surface area contributed by atoms with Gasteiger partial charge in [-0.1, -0.05) is 11.3 Å². The lowest BCUT2D eigenvalue weighted by Crippen LogP contribution is -1.72. The molecule has 74 valence electrons. The summed E-state index contributed by atoms with van der Waals surface area (Å²) in [6, 6.07) is 7.35. The highest BCUT2D eigenvalue weighted by atomic mass is 32.1. The summed E-state index contributed by atoms with van der Waals surface area (Å²) in [5.74, 6) is 1.45. The van der Waals surface area contributed by atoms with Crippen molar-refractivity contribution in [2.24, 2.45) is 0 Å². The van der Waals surface area contributed by atoms with E-state index in [0.29, 0.717) is 0 Å². The van der Waals surface area contributed by atoms with Crippen molar-refractivity contribution in [3.8, 4) is 21.5 Å². The molecule has 0 fully saturated rings. The number of rotatable bonds is 2. The van der Waals surface area contributed by atoms with Crippen LogP contribution < -0.4 is 0 Å². The minimum Gasteiger partial charge on any atom is -0.462 e. The maximum atomic E-state index is 5.23. The van der Waals surface area contributed by atoms with Crippen molar-refractivity contribution in [1.29, 1.82) is 0 Å². The predicted octanol–water partition coefficient (Wildman–Crippen LogP) is 3.06. The van der Waals surface area contributed by atoms with Gasteiger partial charge >= 0.3 is 0 Å². The minimum absolute atomic E-state index is 0.727. The summed E-state index contributed by atoms with van der Waals surface area (Å²) in [6.07, 6.45) is 3.23. The fourth-order valence-electron chi connectivity index (χ4n) is 1.22. The van der Waals surface area contributed by atoms with E-state index in [1.807, 2.05) is 24.3 Å². The minimum atomic E-state index is 0.727. The van der Waals surface area contributed by atoms with Gasteiger partial charge in [0.15, 0.2) is 21.5 Å². The van der Waals surface area contributed by atoms with E-state index in [9.17, 15) is 0 Å². The van der Waals surface area contributed by atoms with Crippen molar-refractivity contribution in [1.82, 2.24) is 10.2 Å². The third-order valence-corrected chi connectivity index (χ3v) is 2.84. The summed E-state index contributed by atoms with van der Waals surface area (Å²) in [4.78, 5) is 0. The lowest BCUT2D eigenvalue weighted by Gasteiger charge is -1.84. The van der Waals surface area contributed by atoms with Crippen LogP contribution in [0.4, 0.5) is 0 Å². The molecule has 0 saturated heterocycles. The molecule has 3 rings (SSSR count). The van der Waals surface area contributed by atoms with E-state index in [1.165, 1.54) is 11.3 Å². The van der Waals surface area contributed by atoms with Crippen LogP contribution in [0.25, 0.3) is 21.5 Å². The molecule has 0 aliphatic rings. The summed E-state index contributed by atoms with van der Waals surface area (Å²) in [5.41, 5.74) is 0. The zero-order valence-electron chi connectivity index (χ0n) is 7.58. The van der Waals surface area contributed by atoms with E-state index in [1.54, 1.807) is 12.5 Å². The van der Waals surface area contributed by atoms with E-state index in [-0.39, 0.29) is 0 Å². The summed E-state index contributed by atoms with van der Waals surface area (Å²) in [5, 5.41) is 9.57. The fraction of sp³-hybridized carbons (Fsp3) is 0. The van der Waals surface area contributed by atoms with Gasteiger partial charge < -0.3 is 8.83 Å². The van der Waals surface area contributed by atoms with Crippen LogP contribution >= 0.6 is 11.3 Å². The number of nitrogens with zero attached hydrogens (tertiary/aromatic N) is 2. The second-order valence-corrected chi connectivity index (χ2v) is 3.84. The molecule has 0 aromatic carbocycles. The Morgan fingerprint density at radius 2 is 1.40 bits per heavy atom. The van der Waals surface area contributed by atoms with E-state index >= 15 is 0 Å². The lowest BCUT2D eigenvalue weighted by molar-refractivity contribution is 0.579. The summed E-state index contributed by atoms with van der Waals surface area (Å²) >= 11 is 1.44. The molecule has 0 bridgehead atoms. The molecule has 5 heteroatoms. The summed E-state index contributed by atoms with van der Waals surface area (Å²) in [6.45, 7) is 0. The van der Waals surface area contributed by atoms with Gasteiger partial charge in [0, 0.05) is 0 Å². The average molecular weight is 218 g/mol. The molecule has 3 heterocycles. The molecule has 0 radical (unpaired) electrons. The van der Waals surface area contributed by atoms with Crippen molar-refractivity contribution in [2.45, 2.75) is 0 Å². The normalized spacial score (nSPS) is 10.7. The maximum Gasteiger partial charge on any atom is 0.183 e. The molecule has 0 atom stereocenters. The monoisotopic (exact) mass is 218 g/mol. The Labute approximate surface area is 89.2 Å². The van der Waals surface area contributed by atoms with E-state index < -0.39 is 0 Å². The molecule has 0 unspecified atom stereocenters. The summed E-state index contributed by atoms with van der Waals surface area (Å²) < 4.78 is 10.5. The molecular weight excluding hydrogens is 212 g/mol. The zero-order chi connectivity index (χ0) is 10.1. The second-order valence-electron chi connectivity index (χ2n) is 2.87. The molecule has 0 spiro atoms. The molecule has 4 nitrogen and oxygen atoms in total. The molecule has 0 amide bonds. The van der Waals surface area contributed by atoms with Gasteiger partial charge in [-0.05, 0) is 24.3 Å². The Hall–Kier alpha value is -1.88. The van der Waals surface area contributed by atoms with Crippen LogP contribution in [0.1, 0.15) is 0 Å². The molecule has 3 aromatic rings. The first kappa shape index (κ1) is 8.43. The van der Waals surface area contributed by atoms with Crippen molar-refractivity contribution < 1.29 is 8.83 Å².